The second-order valence-corrected chi connectivity index (χ2v) is 6.92. The Kier molecular flexibility index (Phi) is 5.85. The summed E-state index contributed by atoms with van der Waals surface area (Å²) in [4.78, 5) is 25.2. The molecule has 148 valence electrons. The second-order valence-electron chi connectivity index (χ2n) is 6.92. The average molecular weight is 395 g/mol. The molecule has 0 aliphatic rings. The predicted molar refractivity (Wildman–Crippen MR) is 117 cm³/mol. The van der Waals surface area contributed by atoms with Crippen LogP contribution in [0.25, 0.3) is 10.8 Å². The van der Waals surface area contributed by atoms with Gasteiger partial charge in [-0.2, -0.15) is 0 Å². The van der Waals surface area contributed by atoms with E-state index in [0.717, 1.165) is 21.9 Å². The van der Waals surface area contributed by atoms with Crippen molar-refractivity contribution in [2.45, 2.75) is 6.04 Å². The minimum absolute atomic E-state index is 0.323. The summed E-state index contributed by atoms with van der Waals surface area (Å²) >= 11 is 0. The molecule has 4 aromatic rings. The minimum Gasteiger partial charge on any atom is -0.452 e. The Morgan fingerprint density at radius 3 is 1.93 bits per heavy atom. The van der Waals surface area contributed by atoms with Crippen LogP contribution >= 0.6 is 0 Å². The number of benzene rings is 4. The number of carbonyl (C=O) groups is 2. The summed E-state index contributed by atoms with van der Waals surface area (Å²) in [6, 6.07) is 32.1. The Morgan fingerprint density at radius 2 is 1.27 bits per heavy atom. The quantitative estimate of drug-likeness (QED) is 0.472. The molecule has 4 nitrogen and oxygen atoms in total. The van der Waals surface area contributed by atoms with Gasteiger partial charge in [-0.25, -0.2) is 4.79 Å². The fourth-order valence-corrected chi connectivity index (χ4v) is 3.47. The van der Waals surface area contributed by atoms with E-state index in [9.17, 15) is 9.59 Å². The van der Waals surface area contributed by atoms with Gasteiger partial charge in [-0.3, -0.25) is 4.79 Å². The van der Waals surface area contributed by atoms with Crippen LogP contribution < -0.4 is 5.32 Å². The molecule has 4 aromatic carbocycles. The van der Waals surface area contributed by atoms with Crippen LogP contribution in [0.4, 0.5) is 0 Å². The van der Waals surface area contributed by atoms with Gasteiger partial charge in [0.25, 0.3) is 5.91 Å². The van der Waals surface area contributed by atoms with Crippen LogP contribution in [-0.4, -0.2) is 18.5 Å². The number of hydrogen-bond acceptors (Lipinski definition) is 3. The average Bonchev–Trinajstić information content (AvgIpc) is 2.81. The Labute approximate surface area is 175 Å². The molecule has 0 aliphatic heterocycles. The van der Waals surface area contributed by atoms with Crippen molar-refractivity contribution >= 4 is 22.6 Å². The van der Waals surface area contributed by atoms with Crippen molar-refractivity contribution in [1.29, 1.82) is 0 Å². The van der Waals surface area contributed by atoms with Gasteiger partial charge in [-0.05, 0) is 28.0 Å². The van der Waals surface area contributed by atoms with Gasteiger partial charge in [-0.15, -0.1) is 0 Å². The van der Waals surface area contributed by atoms with Crippen LogP contribution in [0.15, 0.2) is 103 Å². The third kappa shape index (κ3) is 4.39. The number of amides is 1. The van der Waals surface area contributed by atoms with E-state index in [1.165, 1.54) is 0 Å². The van der Waals surface area contributed by atoms with E-state index in [4.69, 9.17) is 4.74 Å². The molecule has 30 heavy (non-hydrogen) atoms. The lowest BCUT2D eigenvalue weighted by molar-refractivity contribution is -0.124. The third-order valence-corrected chi connectivity index (χ3v) is 4.92. The fraction of sp³-hybridized carbons (Fsp3) is 0.0769. The van der Waals surface area contributed by atoms with Gasteiger partial charge in [0.2, 0.25) is 0 Å². The lowest BCUT2D eigenvalue weighted by atomic mass is 9.99. The zero-order chi connectivity index (χ0) is 20.8. The molecule has 1 N–H and O–H groups in total. The molecule has 0 aromatic heterocycles. The molecule has 0 spiro atoms. The zero-order valence-corrected chi connectivity index (χ0v) is 16.3. The predicted octanol–water partition coefficient (Wildman–Crippen LogP) is 4.90. The van der Waals surface area contributed by atoms with Crippen molar-refractivity contribution in [2.24, 2.45) is 0 Å². The molecule has 0 saturated carbocycles. The highest BCUT2D eigenvalue weighted by Gasteiger charge is 2.18. The van der Waals surface area contributed by atoms with Crippen LogP contribution in [0.1, 0.15) is 27.5 Å². The summed E-state index contributed by atoms with van der Waals surface area (Å²) in [6.07, 6.45) is 0. The normalized spacial score (nSPS) is 10.7. The van der Waals surface area contributed by atoms with Gasteiger partial charge in [0.15, 0.2) is 6.61 Å². The van der Waals surface area contributed by atoms with Crippen molar-refractivity contribution in [3.8, 4) is 0 Å². The maximum Gasteiger partial charge on any atom is 0.339 e. The summed E-state index contributed by atoms with van der Waals surface area (Å²) < 4.78 is 5.32. The standard InChI is InChI=1S/C26H21NO3/c28-24(18-30-26(29)23-17-9-15-19-10-7-8-16-22(19)23)27-25(20-11-3-1-4-12-20)21-13-5-2-6-14-21/h1-17,25H,18H2,(H,27,28). The molecule has 0 saturated heterocycles. The molecule has 0 aliphatic carbocycles. The molecular formula is C26H21NO3. The fourth-order valence-electron chi connectivity index (χ4n) is 3.47. The zero-order valence-electron chi connectivity index (χ0n) is 16.3. The third-order valence-electron chi connectivity index (χ3n) is 4.92. The molecular weight excluding hydrogens is 374 g/mol. The van der Waals surface area contributed by atoms with E-state index in [1.807, 2.05) is 91.0 Å². The number of hydrogen-bond donors (Lipinski definition) is 1. The van der Waals surface area contributed by atoms with Crippen molar-refractivity contribution in [3.05, 3.63) is 120 Å². The molecule has 4 rings (SSSR count). The number of fused-ring (bicyclic) bond motifs is 1. The van der Waals surface area contributed by atoms with E-state index < -0.39 is 5.97 Å². The largest absolute Gasteiger partial charge is 0.452 e. The van der Waals surface area contributed by atoms with Crippen molar-refractivity contribution in [2.75, 3.05) is 6.61 Å². The monoisotopic (exact) mass is 395 g/mol. The van der Waals surface area contributed by atoms with Gasteiger partial charge < -0.3 is 10.1 Å². The Balaban J connectivity index is 1.47. The molecule has 0 heterocycles. The van der Waals surface area contributed by atoms with E-state index in [2.05, 4.69) is 5.32 Å². The maximum atomic E-state index is 12.6. The molecule has 0 radical (unpaired) electrons. The maximum absolute atomic E-state index is 12.6. The van der Waals surface area contributed by atoms with E-state index in [-0.39, 0.29) is 18.6 Å². The number of nitrogens with one attached hydrogen (secondary N) is 1. The first kappa shape index (κ1) is 19.4. The van der Waals surface area contributed by atoms with E-state index in [0.29, 0.717) is 5.56 Å². The SMILES string of the molecule is O=C(COC(=O)c1cccc2ccccc12)NC(c1ccccc1)c1ccccc1. The molecule has 0 bridgehead atoms. The van der Waals surface area contributed by atoms with Gasteiger partial charge in [0, 0.05) is 0 Å². The highest BCUT2D eigenvalue weighted by atomic mass is 16.5. The highest BCUT2D eigenvalue weighted by Crippen LogP contribution is 2.22. The summed E-state index contributed by atoms with van der Waals surface area (Å²) in [6.45, 7) is -0.349. The summed E-state index contributed by atoms with van der Waals surface area (Å²) in [7, 11) is 0. The minimum atomic E-state index is -0.516. The van der Waals surface area contributed by atoms with Crippen molar-refractivity contribution in [1.82, 2.24) is 5.32 Å². The number of rotatable bonds is 6. The molecule has 0 atom stereocenters. The second kappa shape index (κ2) is 9.05. The first-order valence-electron chi connectivity index (χ1n) is 9.76. The number of ether oxygens (including phenoxy) is 1. The number of esters is 1. The van der Waals surface area contributed by atoms with Crippen LogP contribution in [0.5, 0.6) is 0 Å². The number of carbonyl (C=O) groups excluding carboxylic acids is 2. The molecule has 0 unspecified atom stereocenters. The highest BCUT2D eigenvalue weighted by molar-refractivity contribution is 6.04. The summed E-state index contributed by atoms with van der Waals surface area (Å²) in [5, 5.41) is 4.73. The van der Waals surface area contributed by atoms with Crippen molar-refractivity contribution in [3.63, 3.8) is 0 Å². The summed E-state index contributed by atoms with van der Waals surface area (Å²) in [5.41, 5.74) is 2.36. The molecule has 1 amide bonds. The van der Waals surface area contributed by atoms with Gasteiger partial charge in [0.1, 0.15) is 0 Å². The van der Waals surface area contributed by atoms with Crippen LogP contribution in [-0.2, 0) is 9.53 Å². The van der Waals surface area contributed by atoms with Crippen molar-refractivity contribution < 1.29 is 14.3 Å². The lowest BCUT2D eigenvalue weighted by Gasteiger charge is -2.20. The van der Waals surface area contributed by atoms with E-state index >= 15 is 0 Å². The first-order chi connectivity index (χ1) is 14.7. The van der Waals surface area contributed by atoms with Gasteiger partial charge in [0.05, 0.1) is 11.6 Å². The van der Waals surface area contributed by atoms with Crippen LogP contribution in [0.3, 0.4) is 0 Å². The summed E-state index contributed by atoms with van der Waals surface area (Å²) in [5.74, 6) is -0.876. The smallest absolute Gasteiger partial charge is 0.339 e. The Hall–Kier alpha value is -3.92. The van der Waals surface area contributed by atoms with Gasteiger partial charge >= 0.3 is 5.97 Å². The lowest BCUT2D eigenvalue weighted by Crippen LogP contribution is -2.33. The van der Waals surface area contributed by atoms with Crippen LogP contribution in [0, 0.1) is 0 Å². The molecule has 0 fully saturated rings. The Morgan fingerprint density at radius 1 is 0.700 bits per heavy atom. The van der Waals surface area contributed by atoms with Crippen LogP contribution in [0.2, 0.25) is 0 Å². The first-order valence-corrected chi connectivity index (χ1v) is 9.76. The molecule has 4 heteroatoms. The Bertz CT molecular complexity index is 1110. The van der Waals surface area contributed by atoms with Gasteiger partial charge in [-0.1, -0.05) is 97.1 Å². The topological polar surface area (TPSA) is 55.4 Å². The van der Waals surface area contributed by atoms with E-state index in [1.54, 1.807) is 12.1 Å².